The van der Waals surface area contributed by atoms with Gasteiger partial charge in [-0.2, -0.15) is 0 Å². The van der Waals surface area contributed by atoms with E-state index < -0.39 is 29.9 Å². The number of carbonyl (C=O) groups is 2. The third-order valence-corrected chi connectivity index (χ3v) is 5.79. The number of aromatic hydroxyl groups is 4. The molecule has 1 aliphatic heterocycles. The standard InChI is InChI=1S/C26H21NO10/c28-18-6-1-13(9-21(18)31)10-23(26(33)34)36-24(32)8-4-14-3-7-19(29)25-16(14)12-22(37-25)15-2-5-17(27-35)20(30)11-15/h1-9,11,22-23,28-31H,10,12H2,(H,33,34)/b8-4+/t22-,23+/m0/s1. The normalized spacial score (nSPS) is 15.1. The smallest absolute Gasteiger partial charge is 0.345 e. The molecule has 3 aromatic carbocycles. The first-order valence-corrected chi connectivity index (χ1v) is 11.0. The number of benzene rings is 3. The van der Waals surface area contributed by atoms with Gasteiger partial charge in [0.05, 0.1) is 0 Å². The molecular formula is C26H21NO10. The molecule has 37 heavy (non-hydrogen) atoms. The van der Waals surface area contributed by atoms with Gasteiger partial charge in [0.1, 0.15) is 17.5 Å². The van der Waals surface area contributed by atoms with Gasteiger partial charge in [-0.3, -0.25) is 0 Å². The summed E-state index contributed by atoms with van der Waals surface area (Å²) < 4.78 is 10.9. The summed E-state index contributed by atoms with van der Waals surface area (Å²) in [6.07, 6.45) is 0.337. The second-order valence-corrected chi connectivity index (χ2v) is 8.26. The van der Waals surface area contributed by atoms with Gasteiger partial charge in [-0.05, 0) is 58.3 Å². The third-order valence-electron chi connectivity index (χ3n) is 5.79. The highest BCUT2D eigenvalue weighted by Gasteiger charge is 2.29. The number of phenols is 4. The van der Waals surface area contributed by atoms with Gasteiger partial charge in [-0.25, -0.2) is 9.59 Å². The zero-order chi connectivity index (χ0) is 26.7. The van der Waals surface area contributed by atoms with Gasteiger partial charge in [0.2, 0.25) is 6.10 Å². The van der Waals surface area contributed by atoms with Crippen LogP contribution in [0.3, 0.4) is 0 Å². The van der Waals surface area contributed by atoms with E-state index >= 15 is 0 Å². The summed E-state index contributed by atoms with van der Waals surface area (Å²) in [4.78, 5) is 34.7. The van der Waals surface area contributed by atoms with Crippen LogP contribution in [0.2, 0.25) is 0 Å². The van der Waals surface area contributed by atoms with Crippen LogP contribution in [-0.4, -0.2) is 43.6 Å². The van der Waals surface area contributed by atoms with Crippen LogP contribution in [0.15, 0.2) is 59.8 Å². The molecule has 0 saturated heterocycles. The largest absolute Gasteiger partial charge is 0.506 e. The van der Waals surface area contributed by atoms with Gasteiger partial charge < -0.3 is 35.0 Å². The predicted molar refractivity (Wildman–Crippen MR) is 129 cm³/mol. The highest BCUT2D eigenvalue weighted by atomic mass is 16.6. The Labute approximate surface area is 209 Å². The predicted octanol–water partition coefficient (Wildman–Crippen LogP) is 3.84. The number of phenolic OH excluding ortho intramolecular Hbond substituents is 4. The van der Waals surface area contributed by atoms with Crippen molar-refractivity contribution in [3.63, 3.8) is 0 Å². The summed E-state index contributed by atoms with van der Waals surface area (Å²) in [6, 6.07) is 10.9. The Hall–Kier alpha value is -5.06. The fourth-order valence-corrected chi connectivity index (χ4v) is 3.93. The first-order valence-electron chi connectivity index (χ1n) is 11.0. The maximum absolute atomic E-state index is 12.4. The number of ether oxygens (including phenoxy) is 2. The van der Waals surface area contributed by atoms with E-state index in [0.29, 0.717) is 22.3 Å². The number of rotatable bonds is 8. The SMILES string of the molecule is O=Nc1ccc([C@@H]2Cc3c(/C=C/C(=O)O[C@H](Cc4ccc(O)c(O)c4)C(=O)O)ccc(O)c3O2)cc1O. The molecule has 0 aromatic heterocycles. The van der Waals surface area contributed by atoms with Crippen LogP contribution in [0.25, 0.3) is 6.08 Å². The molecule has 11 nitrogen and oxygen atoms in total. The van der Waals surface area contributed by atoms with Crippen molar-refractivity contribution >= 4 is 23.7 Å². The molecule has 2 atom stereocenters. The fraction of sp³-hybridized carbons (Fsp3) is 0.154. The molecule has 0 aliphatic carbocycles. The summed E-state index contributed by atoms with van der Waals surface area (Å²) in [6.45, 7) is 0. The molecule has 0 unspecified atom stereocenters. The Balaban J connectivity index is 1.49. The Morgan fingerprint density at radius 3 is 2.43 bits per heavy atom. The van der Waals surface area contributed by atoms with E-state index in [0.717, 1.165) is 6.08 Å². The molecule has 1 heterocycles. The lowest BCUT2D eigenvalue weighted by Gasteiger charge is -2.13. The van der Waals surface area contributed by atoms with Crippen molar-refractivity contribution < 1.29 is 44.6 Å². The number of hydrogen-bond acceptors (Lipinski definition) is 10. The van der Waals surface area contributed by atoms with Crippen molar-refractivity contribution in [3.8, 4) is 28.7 Å². The molecule has 4 rings (SSSR count). The van der Waals surface area contributed by atoms with E-state index in [4.69, 9.17) is 9.47 Å². The number of carboxylic acids is 1. The molecule has 0 bridgehead atoms. The summed E-state index contributed by atoms with van der Waals surface area (Å²) in [5.41, 5.74) is 1.84. The zero-order valence-electron chi connectivity index (χ0n) is 19.1. The molecule has 0 radical (unpaired) electrons. The minimum Gasteiger partial charge on any atom is -0.506 e. The molecule has 1 aliphatic rings. The van der Waals surface area contributed by atoms with Crippen molar-refractivity contribution in [2.45, 2.75) is 25.0 Å². The Morgan fingerprint density at radius 1 is 1.00 bits per heavy atom. The molecule has 5 N–H and O–H groups in total. The van der Waals surface area contributed by atoms with Gasteiger partial charge in [-0.15, -0.1) is 4.91 Å². The molecule has 0 fully saturated rings. The van der Waals surface area contributed by atoms with Gasteiger partial charge in [-0.1, -0.05) is 18.2 Å². The average molecular weight is 507 g/mol. The second kappa shape index (κ2) is 10.3. The Kier molecular flexibility index (Phi) is 6.96. The third kappa shape index (κ3) is 5.45. The molecule has 11 heteroatoms. The second-order valence-electron chi connectivity index (χ2n) is 8.26. The van der Waals surface area contributed by atoms with Crippen molar-refractivity contribution in [1.82, 2.24) is 0 Å². The van der Waals surface area contributed by atoms with Crippen molar-refractivity contribution in [1.29, 1.82) is 0 Å². The number of nitroso groups, excluding NO2 is 1. The van der Waals surface area contributed by atoms with Crippen LogP contribution in [0.5, 0.6) is 28.7 Å². The lowest BCUT2D eigenvalue weighted by Crippen LogP contribution is -2.28. The van der Waals surface area contributed by atoms with Crippen LogP contribution in [0.4, 0.5) is 5.69 Å². The highest BCUT2D eigenvalue weighted by Crippen LogP contribution is 2.45. The number of carboxylic acid groups (broad SMARTS) is 1. The molecule has 190 valence electrons. The van der Waals surface area contributed by atoms with E-state index in [1.165, 1.54) is 42.5 Å². The molecule has 3 aromatic rings. The van der Waals surface area contributed by atoms with E-state index in [1.54, 1.807) is 12.1 Å². The van der Waals surface area contributed by atoms with Crippen LogP contribution < -0.4 is 4.74 Å². The molecule has 0 spiro atoms. The van der Waals surface area contributed by atoms with Crippen molar-refractivity contribution in [2.75, 3.05) is 0 Å². The Morgan fingerprint density at radius 2 is 1.76 bits per heavy atom. The topological polar surface area (TPSA) is 183 Å². The quantitative estimate of drug-likeness (QED) is 0.130. The summed E-state index contributed by atoms with van der Waals surface area (Å²) >= 11 is 0. The number of fused-ring (bicyclic) bond motifs is 1. The first kappa shape index (κ1) is 25.0. The minimum atomic E-state index is -1.55. The van der Waals surface area contributed by atoms with E-state index in [-0.39, 0.29) is 41.5 Å². The summed E-state index contributed by atoms with van der Waals surface area (Å²) in [5.74, 6) is -3.38. The lowest BCUT2D eigenvalue weighted by atomic mass is 9.98. The van der Waals surface area contributed by atoms with Gasteiger partial charge in [0, 0.05) is 24.5 Å². The Bertz CT molecular complexity index is 1410. The highest BCUT2D eigenvalue weighted by molar-refractivity contribution is 5.89. The van der Waals surface area contributed by atoms with E-state index in [9.17, 15) is 40.0 Å². The van der Waals surface area contributed by atoms with E-state index in [1.807, 2.05) is 0 Å². The lowest BCUT2D eigenvalue weighted by molar-refractivity contribution is -0.160. The van der Waals surface area contributed by atoms with Crippen LogP contribution in [-0.2, 0) is 27.2 Å². The van der Waals surface area contributed by atoms with Gasteiger partial charge in [0.25, 0.3) is 0 Å². The number of aliphatic carboxylic acids is 1. The van der Waals surface area contributed by atoms with Crippen LogP contribution >= 0.6 is 0 Å². The number of nitrogens with zero attached hydrogens (tertiary/aromatic N) is 1. The van der Waals surface area contributed by atoms with Crippen molar-refractivity contribution in [3.05, 3.63) is 81.8 Å². The van der Waals surface area contributed by atoms with Gasteiger partial charge in [0.15, 0.2) is 23.0 Å². The minimum absolute atomic E-state index is 0.119. The number of esters is 1. The first-order chi connectivity index (χ1) is 17.7. The molecule has 0 saturated carbocycles. The summed E-state index contributed by atoms with van der Waals surface area (Å²) in [7, 11) is 0. The molecular weight excluding hydrogens is 486 g/mol. The van der Waals surface area contributed by atoms with Crippen molar-refractivity contribution in [2.24, 2.45) is 5.18 Å². The number of hydrogen-bond donors (Lipinski definition) is 5. The zero-order valence-corrected chi connectivity index (χ0v) is 19.1. The number of carbonyl (C=O) groups excluding carboxylic acids is 1. The summed E-state index contributed by atoms with van der Waals surface area (Å²) in [5, 5.41) is 51.3. The van der Waals surface area contributed by atoms with Crippen LogP contribution in [0.1, 0.15) is 28.4 Å². The monoisotopic (exact) mass is 507 g/mol. The molecule has 0 amide bonds. The van der Waals surface area contributed by atoms with Crippen LogP contribution in [0, 0.1) is 4.91 Å². The van der Waals surface area contributed by atoms with E-state index in [2.05, 4.69) is 5.18 Å². The average Bonchev–Trinajstić information content (AvgIpc) is 3.32. The fourth-order valence-electron chi connectivity index (χ4n) is 3.93. The van der Waals surface area contributed by atoms with Gasteiger partial charge >= 0.3 is 11.9 Å². The maximum atomic E-state index is 12.4. The maximum Gasteiger partial charge on any atom is 0.345 e.